The highest BCUT2D eigenvalue weighted by Gasteiger charge is 2.27. The van der Waals surface area contributed by atoms with Crippen LogP contribution in [0.15, 0.2) is 0 Å². The quantitative estimate of drug-likeness (QED) is 0.595. The van der Waals surface area contributed by atoms with Crippen molar-refractivity contribution in [3.8, 4) is 0 Å². The molecule has 0 aromatic heterocycles. The highest BCUT2D eigenvalue weighted by atomic mass is 14.6. The summed E-state index contributed by atoms with van der Waals surface area (Å²) >= 11 is 0. The van der Waals surface area contributed by atoms with Gasteiger partial charge >= 0.3 is 0 Å². The number of hydrogen-bond acceptors (Lipinski definition) is 1. The maximum Gasteiger partial charge on any atom is -0.00232 e. The molecule has 0 radical (unpaired) electrons. The summed E-state index contributed by atoms with van der Waals surface area (Å²) in [5, 5.41) is 0. The van der Waals surface area contributed by atoms with Gasteiger partial charge in [-0.3, -0.25) is 0 Å². The Morgan fingerprint density at radius 3 is 2.30 bits per heavy atom. The third-order valence-corrected chi connectivity index (χ3v) is 2.97. The molecule has 0 aliphatic heterocycles. The van der Waals surface area contributed by atoms with E-state index in [0.29, 0.717) is 5.41 Å². The van der Waals surface area contributed by atoms with Gasteiger partial charge in [-0.15, -0.1) is 0 Å². The Morgan fingerprint density at radius 2 is 1.90 bits per heavy atom. The first kappa shape index (κ1) is 8.06. The topological polar surface area (TPSA) is 26.0 Å². The SMILES string of the molecule is CC1CCC(C)(CN)CC1. The van der Waals surface area contributed by atoms with Gasteiger partial charge in [-0.2, -0.15) is 0 Å². The molecular weight excluding hydrogens is 122 g/mol. The number of hydrogen-bond donors (Lipinski definition) is 1. The van der Waals surface area contributed by atoms with Crippen LogP contribution >= 0.6 is 0 Å². The molecule has 1 aliphatic carbocycles. The molecule has 1 fully saturated rings. The molecule has 2 N–H and O–H groups in total. The Balaban J connectivity index is 2.38. The van der Waals surface area contributed by atoms with Crippen molar-refractivity contribution in [1.82, 2.24) is 0 Å². The average Bonchev–Trinajstić information content (AvgIpc) is 1.96. The van der Waals surface area contributed by atoms with E-state index in [0.717, 1.165) is 12.5 Å². The van der Waals surface area contributed by atoms with E-state index in [1.54, 1.807) is 0 Å². The molecule has 1 aliphatic rings. The van der Waals surface area contributed by atoms with Gasteiger partial charge in [-0.25, -0.2) is 0 Å². The van der Waals surface area contributed by atoms with Gasteiger partial charge in [0.25, 0.3) is 0 Å². The second-order valence-electron chi connectivity index (χ2n) is 4.20. The Labute approximate surface area is 64.0 Å². The van der Waals surface area contributed by atoms with Gasteiger partial charge in [-0.1, -0.05) is 26.7 Å². The molecule has 60 valence electrons. The van der Waals surface area contributed by atoms with Crippen LogP contribution < -0.4 is 5.73 Å². The predicted octanol–water partition coefficient (Wildman–Crippen LogP) is 2.16. The third-order valence-electron chi connectivity index (χ3n) is 2.97. The van der Waals surface area contributed by atoms with Gasteiger partial charge in [0.1, 0.15) is 0 Å². The van der Waals surface area contributed by atoms with Crippen LogP contribution in [0.5, 0.6) is 0 Å². The Morgan fingerprint density at radius 1 is 1.40 bits per heavy atom. The smallest absolute Gasteiger partial charge is 0.00232 e. The lowest BCUT2D eigenvalue weighted by atomic mass is 9.72. The van der Waals surface area contributed by atoms with Gasteiger partial charge in [0.05, 0.1) is 0 Å². The van der Waals surface area contributed by atoms with Crippen LogP contribution in [-0.4, -0.2) is 6.54 Å². The minimum atomic E-state index is 0.479. The molecule has 0 atom stereocenters. The second kappa shape index (κ2) is 2.91. The van der Waals surface area contributed by atoms with E-state index in [1.165, 1.54) is 25.7 Å². The summed E-state index contributed by atoms with van der Waals surface area (Å²) in [5.74, 6) is 0.944. The zero-order valence-corrected chi connectivity index (χ0v) is 7.19. The standard InChI is InChI=1S/C9H19N/c1-8-3-5-9(2,7-10)6-4-8/h8H,3-7,10H2,1-2H3. The van der Waals surface area contributed by atoms with E-state index >= 15 is 0 Å². The summed E-state index contributed by atoms with van der Waals surface area (Å²) in [4.78, 5) is 0. The molecule has 0 amide bonds. The Hall–Kier alpha value is -0.0400. The molecule has 1 heteroatoms. The van der Waals surface area contributed by atoms with Crippen LogP contribution in [0, 0.1) is 11.3 Å². The van der Waals surface area contributed by atoms with Crippen molar-refractivity contribution in [3.63, 3.8) is 0 Å². The van der Waals surface area contributed by atoms with Crippen LogP contribution in [0.25, 0.3) is 0 Å². The summed E-state index contributed by atoms with van der Waals surface area (Å²) in [7, 11) is 0. The first-order valence-corrected chi connectivity index (χ1v) is 4.36. The highest BCUT2D eigenvalue weighted by Crippen LogP contribution is 2.37. The monoisotopic (exact) mass is 141 g/mol. The van der Waals surface area contributed by atoms with Gasteiger partial charge in [0, 0.05) is 0 Å². The van der Waals surface area contributed by atoms with E-state index in [4.69, 9.17) is 5.73 Å². The summed E-state index contributed by atoms with van der Waals surface area (Å²) in [6.45, 7) is 5.54. The van der Waals surface area contributed by atoms with Crippen LogP contribution in [0.4, 0.5) is 0 Å². The maximum atomic E-state index is 5.68. The highest BCUT2D eigenvalue weighted by molar-refractivity contribution is 4.81. The fourth-order valence-electron chi connectivity index (χ4n) is 1.66. The molecule has 0 spiro atoms. The van der Waals surface area contributed by atoms with Crippen LogP contribution in [-0.2, 0) is 0 Å². The van der Waals surface area contributed by atoms with Gasteiger partial charge in [-0.05, 0) is 30.7 Å². The van der Waals surface area contributed by atoms with Crippen LogP contribution in [0.1, 0.15) is 39.5 Å². The Bertz CT molecular complexity index is 101. The van der Waals surface area contributed by atoms with Crippen molar-refractivity contribution >= 4 is 0 Å². The third kappa shape index (κ3) is 1.72. The Kier molecular flexibility index (Phi) is 2.35. The predicted molar refractivity (Wildman–Crippen MR) is 44.8 cm³/mol. The summed E-state index contributed by atoms with van der Waals surface area (Å²) in [6.07, 6.45) is 5.44. The molecule has 10 heavy (non-hydrogen) atoms. The van der Waals surface area contributed by atoms with Crippen molar-refractivity contribution in [1.29, 1.82) is 0 Å². The fourth-order valence-corrected chi connectivity index (χ4v) is 1.66. The summed E-state index contributed by atoms with van der Waals surface area (Å²) in [5.41, 5.74) is 6.16. The minimum Gasteiger partial charge on any atom is -0.330 e. The lowest BCUT2D eigenvalue weighted by molar-refractivity contribution is 0.187. The van der Waals surface area contributed by atoms with Crippen molar-refractivity contribution in [2.24, 2.45) is 17.1 Å². The lowest BCUT2D eigenvalue weighted by Crippen LogP contribution is -2.31. The molecule has 0 unspecified atom stereocenters. The molecule has 1 rings (SSSR count). The van der Waals surface area contributed by atoms with Crippen LogP contribution in [0.3, 0.4) is 0 Å². The molecule has 1 nitrogen and oxygen atoms in total. The zero-order valence-electron chi connectivity index (χ0n) is 7.19. The molecule has 1 saturated carbocycles. The van der Waals surface area contributed by atoms with Crippen molar-refractivity contribution < 1.29 is 0 Å². The first-order valence-electron chi connectivity index (χ1n) is 4.36. The number of nitrogens with two attached hydrogens (primary N) is 1. The van der Waals surface area contributed by atoms with Crippen molar-refractivity contribution in [2.45, 2.75) is 39.5 Å². The van der Waals surface area contributed by atoms with E-state index < -0.39 is 0 Å². The average molecular weight is 141 g/mol. The largest absolute Gasteiger partial charge is 0.330 e. The van der Waals surface area contributed by atoms with Gasteiger partial charge in [0.2, 0.25) is 0 Å². The lowest BCUT2D eigenvalue weighted by Gasteiger charge is -2.35. The van der Waals surface area contributed by atoms with E-state index in [2.05, 4.69) is 13.8 Å². The maximum absolute atomic E-state index is 5.68. The summed E-state index contributed by atoms with van der Waals surface area (Å²) < 4.78 is 0. The van der Waals surface area contributed by atoms with Crippen LogP contribution in [0.2, 0.25) is 0 Å². The molecule has 0 aromatic rings. The first-order chi connectivity index (χ1) is 4.66. The van der Waals surface area contributed by atoms with E-state index in [1.807, 2.05) is 0 Å². The normalized spacial score (nSPS) is 41.7. The van der Waals surface area contributed by atoms with Crippen molar-refractivity contribution in [3.05, 3.63) is 0 Å². The molecular formula is C9H19N. The molecule has 0 saturated heterocycles. The molecule has 0 bridgehead atoms. The number of rotatable bonds is 1. The van der Waals surface area contributed by atoms with Gasteiger partial charge < -0.3 is 5.73 Å². The minimum absolute atomic E-state index is 0.479. The van der Waals surface area contributed by atoms with Crippen molar-refractivity contribution in [2.75, 3.05) is 6.54 Å². The zero-order chi connectivity index (χ0) is 7.61. The van der Waals surface area contributed by atoms with E-state index in [9.17, 15) is 0 Å². The van der Waals surface area contributed by atoms with Gasteiger partial charge in [0.15, 0.2) is 0 Å². The fraction of sp³-hybridized carbons (Fsp3) is 1.00. The second-order valence-corrected chi connectivity index (χ2v) is 4.20. The van der Waals surface area contributed by atoms with E-state index in [-0.39, 0.29) is 0 Å². The summed E-state index contributed by atoms with van der Waals surface area (Å²) in [6, 6.07) is 0. The molecule has 0 heterocycles. The molecule has 0 aromatic carbocycles.